The lowest BCUT2D eigenvalue weighted by molar-refractivity contribution is -0.137. The van der Waals surface area contributed by atoms with Crippen LogP contribution in [-0.2, 0) is 11.0 Å². The molecule has 0 bridgehead atoms. The number of halogens is 3. The first-order valence-electron chi connectivity index (χ1n) is 12.8. The highest BCUT2D eigenvalue weighted by atomic mass is 19.4. The maximum absolute atomic E-state index is 13.6. The SMILES string of the molecule is C.C=CC(=O)Nc1ccccc1Nc1nc(Nc2cc(C(N)=O)ccc2C)ncc1C(F)(F)F.Cc1ccc(C(N)=O)cc1N. The fourth-order valence-corrected chi connectivity index (χ4v) is 3.58. The number of nitrogens with zero attached hydrogens (tertiary/aromatic N) is 2. The number of para-hydroxylation sites is 2. The van der Waals surface area contributed by atoms with Gasteiger partial charge in [0.1, 0.15) is 11.4 Å². The normalized spacial score (nSPS) is 10.3. The lowest BCUT2D eigenvalue weighted by Gasteiger charge is -2.17. The Morgan fingerprint density at radius 1 is 0.844 bits per heavy atom. The summed E-state index contributed by atoms with van der Waals surface area (Å²) in [6, 6.07) is 15.8. The van der Waals surface area contributed by atoms with Gasteiger partial charge in [-0.2, -0.15) is 18.2 Å². The molecule has 236 valence electrons. The van der Waals surface area contributed by atoms with Crippen LogP contribution in [0.25, 0.3) is 0 Å². The predicted octanol–water partition coefficient (Wildman–Crippen LogP) is 5.83. The van der Waals surface area contributed by atoms with Gasteiger partial charge in [0.2, 0.25) is 23.7 Å². The summed E-state index contributed by atoms with van der Waals surface area (Å²) in [7, 11) is 0. The number of rotatable bonds is 8. The lowest BCUT2D eigenvalue weighted by Crippen LogP contribution is -2.14. The number of primary amides is 2. The highest BCUT2D eigenvalue weighted by Gasteiger charge is 2.35. The maximum Gasteiger partial charge on any atom is 0.421 e. The quantitative estimate of drug-likeness (QED) is 0.104. The Hall–Kier alpha value is -5.92. The average Bonchev–Trinajstić information content (AvgIpc) is 2.96. The number of anilines is 6. The van der Waals surface area contributed by atoms with Crippen LogP contribution in [0.3, 0.4) is 0 Å². The highest BCUT2D eigenvalue weighted by molar-refractivity contribution is 6.01. The van der Waals surface area contributed by atoms with Gasteiger partial charge in [-0.1, -0.05) is 38.3 Å². The van der Waals surface area contributed by atoms with Crippen LogP contribution in [0, 0.1) is 13.8 Å². The van der Waals surface area contributed by atoms with Crippen LogP contribution >= 0.6 is 0 Å². The van der Waals surface area contributed by atoms with E-state index in [0.717, 1.165) is 11.6 Å². The third-order valence-corrected chi connectivity index (χ3v) is 6.05. The van der Waals surface area contributed by atoms with E-state index < -0.39 is 35.3 Å². The fraction of sp³-hybridized carbons (Fsp3) is 0.129. The second-order valence-corrected chi connectivity index (χ2v) is 9.27. The Morgan fingerprint density at radius 2 is 1.42 bits per heavy atom. The summed E-state index contributed by atoms with van der Waals surface area (Å²) in [6.07, 6.45) is -3.08. The molecule has 4 rings (SSSR count). The molecule has 4 aromatic rings. The summed E-state index contributed by atoms with van der Waals surface area (Å²) >= 11 is 0. The number of aromatic nitrogens is 2. The molecule has 0 saturated carbocycles. The number of aryl methyl sites for hydroxylation is 2. The van der Waals surface area contributed by atoms with Crippen molar-refractivity contribution in [2.24, 2.45) is 11.5 Å². The van der Waals surface area contributed by atoms with Crippen LogP contribution in [0.5, 0.6) is 0 Å². The summed E-state index contributed by atoms with van der Waals surface area (Å²) in [6.45, 7) is 6.96. The van der Waals surface area contributed by atoms with Gasteiger partial charge in [0, 0.05) is 28.7 Å². The number of carbonyl (C=O) groups is 3. The van der Waals surface area contributed by atoms with Crippen LogP contribution in [0.1, 0.15) is 44.8 Å². The van der Waals surface area contributed by atoms with Gasteiger partial charge in [0.25, 0.3) is 0 Å². The zero-order valence-corrected chi connectivity index (χ0v) is 23.6. The minimum absolute atomic E-state index is 0. The Kier molecular flexibility index (Phi) is 11.8. The fourth-order valence-electron chi connectivity index (χ4n) is 3.58. The number of nitrogens with two attached hydrogens (primary N) is 3. The molecule has 9 N–H and O–H groups in total. The summed E-state index contributed by atoms with van der Waals surface area (Å²) in [5.41, 5.74) is 18.5. The molecule has 14 heteroatoms. The molecule has 11 nitrogen and oxygen atoms in total. The Bertz CT molecular complexity index is 1730. The molecule has 0 saturated heterocycles. The Morgan fingerprint density at radius 3 is 1.98 bits per heavy atom. The van der Waals surface area contributed by atoms with Crippen molar-refractivity contribution in [1.29, 1.82) is 0 Å². The van der Waals surface area contributed by atoms with E-state index in [1.807, 2.05) is 6.92 Å². The molecule has 0 aliphatic heterocycles. The van der Waals surface area contributed by atoms with E-state index in [2.05, 4.69) is 32.5 Å². The van der Waals surface area contributed by atoms with Crippen molar-refractivity contribution in [2.75, 3.05) is 21.7 Å². The van der Waals surface area contributed by atoms with Gasteiger partial charge in [0.15, 0.2) is 0 Å². The second-order valence-electron chi connectivity index (χ2n) is 9.27. The first kappa shape index (κ1) is 35.3. The molecule has 1 aromatic heterocycles. The largest absolute Gasteiger partial charge is 0.421 e. The van der Waals surface area contributed by atoms with Crippen molar-refractivity contribution in [2.45, 2.75) is 27.5 Å². The average molecular weight is 623 g/mol. The van der Waals surface area contributed by atoms with Crippen LogP contribution in [-0.4, -0.2) is 27.7 Å². The van der Waals surface area contributed by atoms with Gasteiger partial charge in [0.05, 0.1) is 11.4 Å². The molecule has 0 radical (unpaired) electrons. The zero-order valence-electron chi connectivity index (χ0n) is 23.6. The summed E-state index contributed by atoms with van der Waals surface area (Å²) in [5.74, 6) is -2.33. The van der Waals surface area contributed by atoms with Gasteiger partial charge in [-0.05, 0) is 67.4 Å². The van der Waals surface area contributed by atoms with Gasteiger partial charge >= 0.3 is 6.18 Å². The summed E-state index contributed by atoms with van der Waals surface area (Å²) < 4.78 is 40.8. The van der Waals surface area contributed by atoms with Gasteiger partial charge in [-0.3, -0.25) is 14.4 Å². The van der Waals surface area contributed by atoms with Crippen molar-refractivity contribution < 1.29 is 27.6 Å². The van der Waals surface area contributed by atoms with Crippen molar-refractivity contribution in [3.63, 3.8) is 0 Å². The zero-order chi connectivity index (χ0) is 32.6. The minimum Gasteiger partial charge on any atom is -0.398 e. The highest BCUT2D eigenvalue weighted by Crippen LogP contribution is 2.36. The number of carbonyl (C=O) groups excluding carboxylic acids is 3. The van der Waals surface area contributed by atoms with Crippen LogP contribution in [0.15, 0.2) is 79.5 Å². The molecule has 0 unspecified atom stereocenters. The van der Waals surface area contributed by atoms with Crippen molar-refractivity contribution >= 4 is 52.2 Å². The number of alkyl halides is 3. The topological polar surface area (TPSA) is 191 Å². The molecular formula is C31H33F3N8O3. The van der Waals surface area contributed by atoms with Gasteiger partial charge < -0.3 is 33.2 Å². The molecule has 0 aliphatic carbocycles. The molecule has 1 heterocycles. The number of nitrogen functional groups attached to an aromatic ring is 1. The maximum atomic E-state index is 13.6. The Balaban J connectivity index is 0.000000497. The summed E-state index contributed by atoms with van der Waals surface area (Å²) in [4.78, 5) is 41.5. The molecule has 0 spiro atoms. The third kappa shape index (κ3) is 9.54. The first-order chi connectivity index (χ1) is 20.7. The third-order valence-electron chi connectivity index (χ3n) is 6.05. The smallest absolute Gasteiger partial charge is 0.398 e. The standard InChI is InChI=1S/C22H19F3N6O2.C8H10N2O.CH4/c1-3-18(32)28-15-6-4-5-7-16(15)29-20-14(22(23,24)25)11-27-21(31-20)30-17-10-13(19(26)33)9-8-12(17)2;1-5-2-3-6(8(10)11)4-7(5)9;/h3-11H,1H2,2H3,(H2,26,33)(H,28,32)(H2,27,29,30,31);2-4H,9H2,1H3,(H2,10,11);1H4. The molecule has 0 atom stereocenters. The van der Waals surface area contributed by atoms with Gasteiger partial charge in [-0.25, -0.2) is 4.98 Å². The van der Waals surface area contributed by atoms with Crippen molar-refractivity contribution in [3.8, 4) is 0 Å². The van der Waals surface area contributed by atoms with E-state index in [9.17, 15) is 27.6 Å². The second kappa shape index (κ2) is 15.0. The van der Waals surface area contributed by atoms with Crippen LogP contribution in [0.4, 0.5) is 47.7 Å². The van der Waals surface area contributed by atoms with E-state index in [1.54, 1.807) is 43.3 Å². The Labute approximate surface area is 257 Å². The number of hydrogen-bond donors (Lipinski definition) is 6. The van der Waals surface area contributed by atoms with E-state index in [-0.39, 0.29) is 30.3 Å². The number of nitrogens with one attached hydrogen (secondary N) is 3. The van der Waals surface area contributed by atoms with Crippen LogP contribution in [0.2, 0.25) is 0 Å². The van der Waals surface area contributed by atoms with Gasteiger partial charge in [-0.15, -0.1) is 0 Å². The first-order valence-corrected chi connectivity index (χ1v) is 12.8. The van der Waals surface area contributed by atoms with E-state index in [4.69, 9.17) is 17.2 Å². The van der Waals surface area contributed by atoms with E-state index >= 15 is 0 Å². The molecule has 3 amide bonds. The summed E-state index contributed by atoms with van der Waals surface area (Å²) in [5, 5.41) is 7.94. The molecule has 45 heavy (non-hydrogen) atoms. The van der Waals surface area contributed by atoms with E-state index in [1.165, 1.54) is 24.3 Å². The number of amides is 3. The molecule has 3 aromatic carbocycles. The van der Waals surface area contributed by atoms with Crippen molar-refractivity contribution in [3.05, 3.63) is 107 Å². The molecule has 0 fully saturated rings. The van der Waals surface area contributed by atoms with E-state index in [0.29, 0.717) is 28.7 Å². The molecule has 0 aliphatic rings. The van der Waals surface area contributed by atoms with Crippen LogP contribution < -0.4 is 33.2 Å². The number of benzene rings is 3. The molecular weight excluding hydrogens is 589 g/mol. The van der Waals surface area contributed by atoms with Crippen molar-refractivity contribution in [1.82, 2.24) is 9.97 Å². The number of hydrogen-bond acceptors (Lipinski definition) is 8. The minimum atomic E-state index is -4.75. The monoisotopic (exact) mass is 622 g/mol. The predicted molar refractivity (Wildman–Crippen MR) is 169 cm³/mol. The lowest BCUT2D eigenvalue weighted by atomic mass is 10.1.